The van der Waals surface area contributed by atoms with Crippen molar-refractivity contribution in [2.45, 2.75) is 71.8 Å². The first-order chi connectivity index (χ1) is 15.6. The molecule has 0 atom stereocenters. The smallest absolute Gasteiger partial charge is 0.303 e. The maximum Gasteiger partial charge on any atom is 0.329 e. The first-order valence-electron chi connectivity index (χ1n) is 11.6. The molecule has 1 aromatic carbocycles. The average molecular weight is 439 g/mol. The summed E-state index contributed by atoms with van der Waals surface area (Å²) in [5.74, 6) is 0.477. The molecule has 8 nitrogen and oxygen atoms in total. The second-order valence-electron chi connectivity index (χ2n) is 8.13. The lowest BCUT2D eigenvalue weighted by Gasteiger charge is -2.10. The maximum absolute atomic E-state index is 12.6. The molecular weight excluding hydrogens is 404 g/mol. The summed E-state index contributed by atoms with van der Waals surface area (Å²) in [6.45, 7) is 4.95. The van der Waals surface area contributed by atoms with Gasteiger partial charge in [0.2, 0.25) is 5.95 Å². The number of hydrogen-bond donors (Lipinski definition) is 2. The molecule has 0 aliphatic heterocycles. The molecule has 0 saturated heterocycles. The van der Waals surface area contributed by atoms with Gasteiger partial charge >= 0.3 is 5.69 Å². The molecular formula is C24H34N6O2. The molecule has 0 spiro atoms. The van der Waals surface area contributed by atoms with Crippen molar-refractivity contribution in [3.05, 3.63) is 56.7 Å². The van der Waals surface area contributed by atoms with Gasteiger partial charge in [-0.1, -0.05) is 82.7 Å². The molecule has 2 heterocycles. The minimum atomic E-state index is -0.474. The van der Waals surface area contributed by atoms with Gasteiger partial charge in [0.25, 0.3) is 5.56 Å². The summed E-state index contributed by atoms with van der Waals surface area (Å²) in [7, 11) is 1.61. The molecule has 0 fully saturated rings. The number of anilines is 1. The fraction of sp³-hybridized carbons (Fsp3) is 0.500. The molecule has 8 heteroatoms. The molecule has 0 radical (unpaired) electrons. The van der Waals surface area contributed by atoms with Crippen molar-refractivity contribution in [3.63, 3.8) is 0 Å². The average Bonchev–Trinajstić information content (AvgIpc) is 3.17. The fourth-order valence-electron chi connectivity index (χ4n) is 3.84. The molecule has 0 saturated carbocycles. The molecule has 2 aromatic heterocycles. The molecule has 0 unspecified atom stereocenters. The van der Waals surface area contributed by atoms with Crippen LogP contribution in [0.25, 0.3) is 11.2 Å². The highest BCUT2D eigenvalue weighted by Crippen LogP contribution is 2.18. The molecule has 0 aliphatic carbocycles. The zero-order chi connectivity index (χ0) is 22.9. The minimum Gasteiger partial charge on any atom is -0.303 e. The summed E-state index contributed by atoms with van der Waals surface area (Å²) in [5, 5.41) is 4.64. The number of benzene rings is 1. The zero-order valence-corrected chi connectivity index (χ0v) is 19.4. The van der Waals surface area contributed by atoms with E-state index < -0.39 is 11.2 Å². The lowest BCUT2D eigenvalue weighted by atomic mass is 10.1. The van der Waals surface area contributed by atoms with Crippen molar-refractivity contribution in [1.29, 1.82) is 0 Å². The van der Waals surface area contributed by atoms with Gasteiger partial charge in [0.1, 0.15) is 0 Å². The summed E-state index contributed by atoms with van der Waals surface area (Å²) >= 11 is 0. The van der Waals surface area contributed by atoms with E-state index in [1.165, 1.54) is 30.3 Å². The van der Waals surface area contributed by atoms with Crippen LogP contribution in [0, 0.1) is 0 Å². The number of aromatic nitrogens is 4. The van der Waals surface area contributed by atoms with Crippen molar-refractivity contribution in [1.82, 2.24) is 19.1 Å². The van der Waals surface area contributed by atoms with Crippen molar-refractivity contribution < 1.29 is 0 Å². The molecule has 3 aromatic rings. The monoisotopic (exact) mass is 438 g/mol. The predicted molar refractivity (Wildman–Crippen MR) is 130 cm³/mol. The van der Waals surface area contributed by atoms with Crippen molar-refractivity contribution >= 4 is 22.8 Å². The summed E-state index contributed by atoms with van der Waals surface area (Å²) in [4.78, 5) is 31.7. The molecule has 2 N–H and O–H groups in total. The Morgan fingerprint density at radius 2 is 1.75 bits per heavy atom. The van der Waals surface area contributed by atoms with Gasteiger partial charge in [-0.15, -0.1) is 0 Å². The summed E-state index contributed by atoms with van der Waals surface area (Å²) in [6, 6.07) is 10.0. The number of hydrogen-bond acceptors (Lipinski definition) is 5. The van der Waals surface area contributed by atoms with E-state index in [4.69, 9.17) is 0 Å². The van der Waals surface area contributed by atoms with Gasteiger partial charge < -0.3 is 4.57 Å². The van der Waals surface area contributed by atoms with Gasteiger partial charge in [-0.25, -0.2) is 10.2 Å². The number of nitrogens with one attached hydrogen (secondary N) is 2. The van der Waals surface area contributed by atoms with E-state index in [2.05, 4.69) is 34.3 Å². The number of aryl methyl sites for hydroxylation is 2. The SMILES string of the molecule is CCCCCCCCn1c(N/N=C(/CCC)c2ccccc2)nc2c1c(=O)[nH]c(=O)n2C. The lowest BCUT2D eigenvalue weighted by molar-refractivity contribution is 0.565. The van der Waals surface area contributed by atoms with Crippen LogP contribution in [0.1, 0.15) is 70.8 Å². The Kier molecular flexibility index (Phi) is 8.41. The molecule has 0 bridgehead atoms. The number of nitrogens with zero attached hydrogens (tertiary/aromatic N) is 4. The van der Waals surface area contributed by atoms with E-state index in [1.54, 1.807) is 7.05 Å². The highest BCUT2D eigenvalue weighted by atomic mass is 16.2. The first-order valence-corrected chi connectivity index (χ1v) is 11.6. The largest absolute Gasteiger partial charge is 0.329 e. The van der Waals surface area contributed by atoms with Crippen LogP contribution in [0.15, 0.2) is 45.0 Å². The summed E-state index contributed by atoms with van der Waals surface area (Å²) in [6.07, 6.45) is 8.63. The Morgan fingerprint density at radius 1 is 1.03 bits per heavy atom. The van der Waals surface area contributed by atoms with Crippen LogP contribution in [0.2, 0.25) is 0 Å². The third-order valence-electron chi connectivity index (χ3n) is 5.63. The Morgan fingerprint density at radius 3 is 2.47 bits per heavy atom. The first kappa shape index (κ1) is 23.5. The van der Waals surface area contributed by atoms with Crippen LogP contribution in [0.5, 0.6) is 0 Å². The highest BCUT2D eigenvalue weighted by molar-refractivity contribution is 6.00. The Bertz CT molecular complexity index is 1160. The third kappa shape index (κ3) is 5.55. The lowest BCUT2D eigenvalue weighted by Crippen LogP contribution is -2.29. The number of aromatic amines is 1. The Balaban J connectivity index is 1.93. The molecule has 3 rings (SSSR count). The number of imidazole rings is 1. The minimum absolute atomic E-state index is 0.360. The number of H-pyrrole nitrogens is 1. The van der Waals surface area contributed by atoms with E-state index >= 15 is 0 Å². The van der Waals surface area contributed by atoms with E-state index in [0.717, 1.165) is 37.0 Å². The Hall–Kier alpha value is -3.16. The van der Waals surface area contributed by atoms with Gasteiger partial charge in [-0.3, -0.25) is 14.3 Å². The zero-order valence-electron chi connectivity index (χ0n) is 19.4. The molecule has 32 heavy (non-hydrogen) atoms. The van der Waals surface area contributed by atoms with E-state index in [1.807, 2.05) is 34.9 Å². The molecule has 0 amide bonds. The van der Waals surface area contributed by atoms with Crippen molar-refractivity contribution in [3.8, 4) is 0 Å². The van der Waals surface area contributed by atoms with Gasteiger partial charge in [0.15, 0.2) is 11.2 Å². The number of unbranched alkanes of at least 4 members (excludes halogenated alkanes) is 5. The molecule has 172 valence electrons. The van der Waals surface area contributed by atoms with E-state index in [0.29, 0.717) is 23.7 Å². The number of fused-ring (bicyclic) bond motifs is 1. The number of rotatable bonds is 12. The van der Waals surface area contributed by atoms with Gasteiger partial charge in [0, 0.05) is 13.6 Å². The van der Waals surface area contributed by atoms with Crippen molar-refractivity contribution in [2.24, 2.45) is 12.1 Å². The maximum atomic E-state index is 12.6. The second-order valence-corrected chi connectivity index (χ2v) is 8.13. The van der Waals surface area contributed by atoms with E-state index in [-0.39, 0.29) is 0 Å². The third-order valence-corrected chi connectivity index (χ3v) is 5.63. The van der Waals surface area contributed by atoms with Crippen molar-refractivity contribution in [2.75, 3.05) is 5.43 Å². The predicted octanol–water partition coefficient (Wildman–Crippen LogP) is 4.40. The van der Waals surface area contributed by atoms with Crippen LogP contribution in [0.3, 0.4) is 0 Å². The Labute approximate surface area is 188 Å². The summed E-state index contributed by atoms with van der Waals surface area (Å²) < 4.78 is 3.22. The normalized spacial score (nSPS) is 11.9. The second kappa shape index (κ2) is 11.5. The fourth-order valence-corrected chi connectivity index (χ4v) is 3.84. The topological polar surface area (TPSA) is 97.1 Å². The van der Waals surface area contributed by atoms with Crippen LogP contribution < -0.4 is 16.7 Å². The van der Waals surface area contributed by atoms with Gasteiger partial charge in [-0.2, -0.15) is 10.1 Å². The van der Waals surface area contributed by atoms with Gasteiger partial charge in [-0.05, 0) is 18.4 Å². The van der Waals surface area contributed by atoms with Crippen LogP contribution in [-0.2, 0) is 13.6 Å². The standard InChI is InChI=1S/C24H34N6O2/c1-4-6-7-8-9-13-17-30-20-21(29(3)24(32)26-22(20)31)25-23(30)28-27-19(14-5-2)18-15-11-10-12-16-18/h10-12,15-16H,4-9,13-14,17H2,1-3H3,(H,25,28)(H,26,31,32)/b27-19-. The number of hydrazone groups is 1. The highest BCUT2D eigenvalue weighted by Gasteiger charge is 2.17. The molecule has 0 aliphatic rings. The summed E-state index contributed by atoms with van der Waals surface area (Å²) in [5.41, 5.74) is 4.93. The van der Waals surface area contributed by atoms with Crippen LogP contribution in [0.4, 0.5) is 5.95 Å². The van der Waals surface area contributed by atoms with E-state index in [9.17, 15) is 9.59 Å². The van der Waals surface area contributed by atoms with Gasteiger partial charge in [0.05, 0.1) is 5.71 Å². The van der Waals surface area contributed by atoms with Crippen LogP contribution in [-0.4, -0.2) is 24.8 Å². The quantitative estimate of drug-likeness (QED) is 0.249. The van der Waals surface area contributed by atoms with Crippen LogP contribution >= 0.6 is 0 Å².